The van der Waals surface area contributed by atoms with E-state index in [4.69, 9.17) is 4.74 Å². The monoisotopic (exact) mass is 823 g/mol. The number of rotatable bonds is 5. The van der Waals surface area contributed by atoms with Gasteiger partial charge in [0.1, 0.15) is 22.6 Å². The van der Waals surface area contributed by atoms with Crippen LogP contribution >= 0.6 is 0 Å². The SMILES string of the molecule is Cc1ccc(-n2c3[n+]4c5c(cccc52)-c2cc(-c5ccccc5)cc5c2C4(Oc2ccccc2-3)[n+]2ccc(-c3ccc(-c4ccccc4)cc3)cc2-5)c(-c2ccc(C(C)(C)C)cc2)c1. The molecule has 4 nitrogen and oxygen atoms in total. The highest BCUT2D eigenvalue weighted by atomic mass is 16.5. The first-order chi connectivity index (χ1) is 31.3. The summed E-state index contributed by atoms with van der Waals surface area (Å²) >= 11 is 0. The van der Waals surface area contributed by atoms with Crippen molar-refractivity contribution in [3.8, 4) is 89.7 Å². The van der Waals surface area contributed by atoms with Crippen molar-refractivity contribution in [3.05, 3.63) is 217 Å². The van der Waals surface area contributed by atoms with Gasteiger partial charge in [0, 0.05) is 28.8 Å². The summed E-state index contributed by atoms with van der Waals surface area (Å²) in [6, 6.07) is 71.3. The van der Waals surface area contributed by atoms with Crippen molar-refractivity contribution in [2.45, 2.75) is 39.0 Å². The summed E-state index contributed by atoms with van der Waals surface area (Å²) in [5, 5.41) is 0. The second-order valence-corrected chi connectivity index (χ2v) is 18.6. The summed E-state index contributed by atoms with van der Waals surface area (Å²) in [5.74, 6) is 0.889. The Balaban J connectivity index is 1.11. The first-order valence-corrected chi connectivity index (χ1v) is 22.3. The molecule has 0 saturated heterocycles. The van der Waals surface area contributed by atoms with Crippen molar-refractivity contribution < 1.29 is 13.9 Å². The average Bonchev–Trinajstić information content (AvgIpc) is 3.83. The fourth-order valence-corrected chi connectivity index (χ4v) is 10.7. The van der Waals surface area contributed by atoms with Crippen LogP contribution < -0.4 is 13.9 Å². The number of pyridine rings is 1. The Morgan fingerprint density at radius 1 is 0.484 bits per heavy atom. The minimum absolute atomic E-state index is 0.0568. The zero-order valence-corrected chi connectivity index (χ0v) is 36.3. The van der Waals surface area contributed by atoms with E-state index in [9.17, 15) is 0 Å². The summed E-state index contributed by atoms with van der Waals surface area (Å²) < 4.78 is 15.1. The number of hydrogen-bond acceptors (Lipinski definition) is 1. The molecule has 0 saturated carbocycles. The lowest BCUT2D eigenvalue weighted by atomic mass is 9.85. The maximum absolute atomic E-state index is 7.70. The number of para-hydroxylation sites is 2. The van der Waals surface area contributed by atoms with Crippen LogP contribution in [-0.2, 0) is 11.3 Å². The van der Waals surface area contributed by atoms with Gasteiger partial charge < -0.3 is 4.74 Å². The summed E-state index contributed by atoms with van der Waals surface area (Å²) in [6.07, 6.45) is 2.26. The van der Waals surface area contributed by atoms with Crippen LogP contribution in [0.2, 0.25) is 0 Å². The van der Waals surface area contributed by atoms with Gasteiger partial charge in [-0.15, -0.1) is 9.13 Å². The third-order valence-corrected chi connectivity index (χ3v) is 13.8. The molecule has 1 atom stereocenters. The van der Waals surface area contributed by atoms with Gasteiger partial charge in [0.05, 0.1) is 5.56 Å². The number of aromatic nitrogens is 3. The largest absolute Gasteiger partial charge is 0.499 e. The minimum Gasteiger partial charge on any atom is -0.392 e. The second kappa shape index (κ2) is 13.3. The van der Waals surface area contributed by atoms with Gasteiger partial charge in [-0.05, 0) is 105 Å². The predicted octanol–water partition coefficient (Wildman–Crippen LogP) is 13.7. The van der Waals surface area contributed by atoms with E-state index in [1.807, 2.05) is 0 Å². The second-order valence-electron chi connectivity index (χ2n) is 18.6. The maximum atomic E-state index is 7.70. The zero-order valence-electron chi connectivity index (χ0n) is 36.3. The van der Waals surface area contributed by atoms with Crippen molar-refractivity contribution in [2.24, 2.45) is 0 Å². The lowest BCUT2D eigenvalue weighted by molar-refractivity contribution is -0.997. The number of imidazole rings is 1. The minimum atomic E-state index is -1.05. The van der Waals surface area contributed by atoms with Crippen LogP contribution in [0, 0.1) is 6.92 Å². The molecule has 8 aromatic carbocycles. The lowest BCUT2D eigenvalue weighted by Gasteiger charge is -2.32. The highest BCUT2D eigenvalue weighted by molar-refractivity contribution is 5.99. The Hall–Kier alpha value is -7.82. The van der Waals surface area contributed by atoms with Gasteiger partial charge in [-0.2, -0.15) is 4.57 Å². The summed E-state index contributed by atoms with van der Waals surface area (Å²) in [7, 11) is 0. The van der Waals surface area contributed by atoms with Gasteiger partial charge in [-0.1, -0.05) is 160 Å². The molecule has 0 aliphatic carbocycles. The van der Waals surface area contributed by atoms with E-state index in [0.717, 1.165) is 50.7 Å². The molecule has 0 bridgehead atoms. The van der Waals surface area contributed by atoms with Crippen LogP contribution in [0.4, 0.5) is 0 Å². The number of benzene rings is 8. The molecule has 0 fully saturated rings. The average molecular weight is 824 g/mol. The molecular formula is C60H45N3O+2. The van der Waals surface area contributed by atoms with Crippen LogP contribution in [-0.4, -0.2) is 4.57 Å². The van der Waals surface area contributed by atoms with E-state index >= 15 is 0 Å². The van der Waals surface area contributed by atoms with Crippen molar-refractivity contribution >= 4 is 11.0 Å². The number of nitrogens with zero attached hydrogens (tertiary/aromatic N) is 3. The topological polar surface area (TPSA) is 21.9 Å². The van der Waals surface area contributed by atoms with Gasteiger partial charge in [0.25, 0.3) is 0 Å². The van der Waals surface area contributed by atoms with Gasteiger partial charge in [0.15, 0.2) is 17.2 Å². The molecule has 13 rings (SSSR count). The standard InChI is InChI=1S/C60H45N3O/c1-38-22-31-52(49(34-38)43-27-29-46(30-28-43)59(2,3)4)62-53-20-13-19-47-50-35-45(40-16-9-6-10-17-40)36-51-54-37-44(42-25-23-41(24-26-42)39-14-7-5-8-15-39)32-33-61(54)60(56(50)51)63(57(47)53)58(62)48-18-11-12-21-55(48)64-60/h5-37H,1-4H3/q+2. The van der Waals surface area contributed by atoms with Crippen LogP contribution in [0.1, 0.15) is 37.5 Å². The summed E-state index contributed by atoms with van der Waals surface area (Å²) in [4.78, 5) is 0. The molecule has 0 radical (unpaired) electrons. The molecule has 3 aliphatic rings. The fraction of sp³-hybridized carbons (Fsp3) is 0.100. The number of ether oxygens (including phenoxy) is 1. The molecule has 1 spiro atoms. The van der Waals surface area contributed by atoms with E-state index in [0.29, 0.717) is 0 Å². The Bertz CT molecular complexity index is 3540. The van der Waals surface area contributed by atoms with Gasteiger partial charge in [0.2, 0.25) is 5.69 Å². The van der Waals surface area contributed by atoms with Gasteiger partial charge in [-0.25, -0.2) is 0 Å². The molecule has 3 aliphatic heterocycles. The smallest absolute Gasteiger partial charge is 0.392 e. The first kappa shape index (κ1) is 36.8. The van der Waals surface area contributed by atoms with E-state index < -0.39 is 5.85 Å². The molecule has 10 aromatic rings. The Morgan fingerprint density at radius 3 is 1.84 bits per heavy atom. The van der Waals surface area contributed by atoms with Gasteiger partial charge in [-0.3, -0.25) is 0 Å². The first-order valence-electron chi connectivity index (χ1n) is 22.3. The van der Waals surface area contributed by atoms with Crippen LogP contribution in [0.3, 0.4) is 0 Å². The van der Waals surface area contributed by atoms with E-state index in [2.05, 4.69) is 242 Å². The zero-order chi connectivity index (χ0) is 42.9. The number of fused-ring (bicyclic) bond motifs is 5. The Morgan fingerprint density at radius 2 is 1.11 bits per heavy atom. The third kappa shape index (κ3) is 5.17. The molecule has 5 heterocycles. The molecule has 2 aromatic heterocycles. The fourth-order valence-electron chi connectivity index (χ4n) is 10.7. The Labute approximate surface area is 373 Å². The van der Waals surface area contributed by atoms with E-state index in [1.54, 1.807) is 0 Å². The molecule has 0 N–H and O–H groups in total. The van der Waals surface area contributed by atoms with Crippen LogP contribution in [0.5, 0.6) is 5.75 Å². The van der Waals surface area contributed by atoms with Crippen molar-refractivity contribution in [3.63, 3.8) is 0 Å². The van der Waals surface area contributed by atoms with Crippen LogP contribution in [0.25, 0.3) is 95.0 Å². The van der Waals surface area contributed by atoms with E-state index in [1.165, 1.54) is 66.8 Å². The van der Waals surface area contributed by atoms with Crippen molar-refractivity contribution in [2.75, 3.05) is 0 Å². The normalized spacial score (nSPS) is 15.1. The highest BCUT2D eigenvalue weighted by Crippen LogP contribution is 2.54. The molecule has 0 amide bonds. The highest BCUT2D eigenvalue weighted by Gasteiger charge is 2.68. The quantitative estimate of drug-likeness (QED) is 0.159. The molecule has 64 heavy (non-hydrogen) atoms. The lowest BCUT2D eigenvalue weighted by Crippen LogP contribution is -2.78. The predicted molar refractivity (Wildman–Crippen MR) is 258 cm³/mol. The van der Waals surface area contributed by atoms with Crippen molar-refractivity contribution in [1.82, 2.24) is 4.57 Å². The van der Waals surface area contributed by atoms with E-state index in [-0.39, 0.29) is 5.41 Å². The summed E-state index contributed by atoms with van der Waals surface area (Å²) in [6.45, 7) is 9.03. The summed E-state index contributed by atoms with van der Waals surface area (Å²) in [5.41, 5.74) is 22.4. The third-order valence-electron chi connectivity index (χ3n) is 13.8. The number of hydrogen-bond donors (Lipinski definition) is 0. The molecule has 1 unspecified atom stereocenters. The number of aryl methyl sites for hydroxylation is 1. The molecule has 4 heteroatoms. The van der Waals surface area contributed by atoms with Crippen LogP contribution in [0.15, 0.2) is 200 Å². The van der Waals surface area contributed by atoms with Gasteiger partial charge >= 0.3 is 11.7 Å². The maximum Gasteiger partial charge on any atom is 0.499 e. The molecular weight excluding hydrogens is 779 g/mol. The molecule has 304 valence electrons. The Kier molecular flexibility index (Phi) is 7.67. The van der Waals surface area contributed by atoms with Crippen molar-refractivity contribution in [1.29, 1.82) is 0 Å².